The van der Waals surface area contributed by atoms with Crippen LogP contribution in [-0.2, 0) is 9.59 Å². The third-order valence-electron chi connectivity index (χ3n) is 5.49. The quantitative estimate of drug-likeness (QED) is 0.887. The van der Waals surface area contributed by atoms with E-state index in [1.165, 1.54) is 0 Å². The molecule has 1 saturated heterocycles. The summed E-state index contributed by atoms with van der Waals surface area (Å²) in [4.78, 5) is 45.6. The van der Waals surface area contributed by atoms with Crippen molar-refractivity contribution >= 4 is 29.2 Å². The molecule has 0 radical (unpaired) electrons. The Hall–Kier alpha value is -3.22. The lowest BCUT2D eigenvalue weighted by molar-refractivity contribution is -0.117. The first-order valence-electron chi connectivity index (χ1n) is 9.37. The molecule has 2 aromatic rings. The number of carbonyl (C=O) groups is 3. The summed E-state index contributed by atoms with van der Waals surface area (Å²) in [5.74, 6) is 0.114. The third-order valence-corrected chi connectivity index (χ3v) is 5.49. The number of carbonyl (C=O) groups excluding carboxylic acids is 3. The number of amides is 3. The molecule has 2 aliphatic heterocycles. The van der Waals surface area contributed by atoms with E-state index in [1.807, 2.05) is 32.0 Å². The highest BCUT2D eigenvalue weighted by Crippen LogP contribution is 2.43. The SMILES string of the molecule is Cc1ccc(NC(=O)CCN2C(=O)c3ccccc3N3C(=O)CC[C@]23C)nc1. The van der Waals surface area contributed by atoms with Gasteiger partial charge in [-0.05, 0) is 44.0 Å². The second-order valence-electron chi connectivity index (χ2n) is 7.44. The molecule has 7 nitrogen and oxygen atoms in total. The fraction of sp³-hybridized carbons (Fsp3) is 0.333. The fourth-order valence-corrected chi connectivity index (χ4v) is 4.00. The molecule has 2 aliphatic rings. The summed E-state index contributed by atoms with van der Waals surface area (Å²) in [5, 5.41) is 2.76. The minimum Gasteiger partial charge on any atom is -0.315 e. The summed E-state index contributed by atoms with van der Waals surface area (Å²) >= 11 is 0. The van der Waals surface area contributed by atoms with E-state index in [-0.39, 0.29) is 30.7 Å². The van der Waals surface area contributed by atoms with E-state index in [9.17, 15) is 14.4 Å². The standard InChI is InChI=1S/C21H22N4O3/c1-14-7-8-17(22-13-14)23-18(26)10-12-24-20(28)15-5-3-4-6-16(15)25-19(27)9-11-21(24,25)2/h3-8,13H,9-12H2,1-2H3,(H,22,23,26)/t21-/m1/s1. The summed E-state index contributed by atoms with van der Waals surface area (Å²) < 4.78 is 0. The molecule has 0 aliphatic carbocycles. The van der Waals surface area contributed by atoms with E-state index in [0.717, 1.165) is 5.56 Å². The molecular formula is C21H22N4O3. The lowest BCUT2D eigenvalue weighted by atomic mass is 9.98. The van der Waals surface area contributed by atoms with E-state index in [1.54, 1.807) is 34.2 Å². The van der Waals surface area contributed by atoms with Crippen molar-refractivity contribution in [2.75, 3.05) is 16.8 Å². The van der Waals surface area contributed by atoms with Gasteiger partial charge in [0.05, 0.1) is 11.3 Å². The molecule has 1 N–H and O–H groups in total. The highest BCUT2D eigenvalue weighted by atomic mass is 16.2. The van der Waals surface area contributed by atoms with Crippen LogP contribution in [0.15, 0.2) is 42.6 Å². The number of benzene rings is 1. The average Bonchev–Trinajstić information content (AvgIpc) is 2.99. The van der Waals surface area contributed by atoms with Gasteiger partial charge in [-0.3, -0.25) is 19.3 Å². The second-order valence-corrected chi connectivity index (χ2v) is 7.44. The molecule has 0 bridgehead atoms. The van der Waals surface area contributed by atoms with Crippen LogP contribution in [0.25, 0.3) is 0 Å². The van der Waals surface area contributed by atoms with Crippen molar-refractivity contribution in [3.8, 4) is 0 Å². The fourth-order valence-electron chi connectivity index (χ4n) is 4.00. The highest BCUT2D eigenvalue weighted by molar-refractivity contribution is 6.10. The Kier molecular flexibility index (Phi) is 4.37. The van der Waals surface area contributed by atoms with Crippen LogP contribution < -0.4 is 10.2 Å². The first-order valence-corrected chi connectivity index (χ1v) is 9.37. The predicted octanol–water partition coefficient (Wildman–Crippen LogP) is 2.72. The molecule has 144 valence electrons. The molecule has 7 heteroatoms. The van der Waals surface area contributed by atoms with Gasteiger partial charge in [-0.1, -0.05) is 18.2 Å². The first kappa shape index (κ1) is 18.2. The number of hydrogen-bond donors (Lipinski definition) is 1. The topological polar surface area (TPSA) is 82.6 Å². The molecule has 3 heterocycles. The molecule has 4 rings (SSSR count). The van der Waals surface area contributed by atoms with Crippen LogP contribution in [0.4, 0.5) is 11.5 Å². The summed E-state index contributed by atoms with van der Waals surface area (Å²) in [6.45, 7) is 4.05. The van der Waals surface area contributed by atoms with Crippen LogP contribution in [0.3, 0.4) is 0 Å². The number of aromatic nitrogens is 1. The molecule has 1 atom stereocenters. The Morgan fingerprint density at radius 1 is 1.21 bits per heavy atom. The van der Waals surface area contributed by atoms with Crippen molar-refractivity contribution in [3.63, 3.8) is 0 Å². The maximum absolute atomic E-state index is 13.1. The number of hydrogen-bond acceptors (Lipinski definition) is 4. The monoisotopic (exact) mass is 378 g/mol. The smallest absolute Gasteiger partial charge is 0.257 e. The number of aryl methyl sites for hydroxylation is 1. The predicted molar refractivity (Wildman–Crippen MR) is 105 cm³/mol. The van der Waals surface area contributed by atoms with E-state index >= 15 is 0 Å². The first-order chi connectivity index (χ1) is 13.4. The van der Waals surface area contributed by atoms with Crippen molar-refractivity contribution in [2.24, 2.45) is 0 Å². The number of nitrogens with zero attached hydrogens (tertiary/aromatic N) is 3. The van der Waals surface area contributed by atoms with Gasteiger partial charge in [-0.15, -0.1) is 0 Å². The van der Waals surface area contributed by atoms with Crippen LogP contribution in [0.1, 0.15) is 42.1 Å². The zero-order valence-corrected chi connectivity index (χ0v) is 15.9. The van der Waals surface area contributed by atoms with Gasteiger partial charge in [-0.25, -0.2) is 4.98 Å². The number of fused-ring (bicyclic) bond motifs is 3. The van der Waals surface area contributed by atoms with Gasteiger partial charge in [0, 0.05) is 25.6 Å². The van der Waals surface area contributed by atoms with Crippen LogP contribution in [0.5, 0.6) is 0 Å². The van der Waals surface area contributed by atoms with Gasteiger partial charge in [0.2, 0.25) is 11.8 Å². The van der Waals surface area contributed by atoms with Crippen molar-refractivity contribution in [1.29, 1.82) is 0 Å². The second kappa shape index (κ2) is 6.74. The minimum atomic E-state index is -0.745. The molecule has 1 aromatic heterocycles. The summed E-state index contributed by atoms with van der Waals surface area (Å²) in [6.07, 6.45) is 2.74. The maximum Gasteiger partial charge on any atom is 0.257 e. The Morgan fingerprint density at radius 3 is 2.75 bits per heavy atom. The number of nitrogens with one attached hydrogen (secondary N) is 1. The maximum atomic E-state index is 13.1. The van der Waals surface area contributed by atoms with Gasteiger partial charge >= 0.3 is 0 Å². The largest absolute Gasteiger partial charge is 0.315 e. The van der Waals surface area contributed by atoms with Crippen molar-refractivity contribution < 1.29 is 14.4 Å². The Balaban J connectivity index is 1.54. The molecule has 3 amide bonds. The van der Waals surface area contributed by atoms with Gasteiger partial charge in [-0.2, -0.15) is 0 Å². The highest BCUT2D eigenvalue weighted by Gasteiger charge is 2.52. The summed E-state index contributed by atoms with van der Waals surface area (Å²) in [5.41, 5.74) is 1.41. The van der Waals surface area contributed by atoms with Gasteiger partial charge in [0.15, 0.2) is 0 Å². The molecule has 0 unspecified atom stereocenters. The lowest BCUT2D eigenvalue weighted by Crippen LogP contribution is -2.62. The Bertz CT molecular complexity index is 956. The molecular weight excluding hydrogens is 356 g/mol. The Morgan fingerprint density at radius 2 is 2.00 bits per heavy atom. The zero-order chi connectivity index (χ0) is 19.9. The number of pyridine rings is 1. The molecule has 1 fully saturated rings. The normalized spacial score (nSPS) is 20.8. The van der Waals surface area contributed by atoms with Crippen LogP contribution in [-0.4, -0.2) is 39.8 Å². The van der Waals surface area contributed by atoms with Crippen LogP contribution in [0.2, 0.25) is 0 Å². The summed E-state index contributed by atoms with van der Waals surface area (Å²) in [7, 11) is 0. The molecule has 0 saturated carbocycles. The van der Waals surface area contributed by atoms with Crippen molar-refractivity contribution in [2.45, 2.75) is 38.8 Å². The number of para-hydroxylation sites is 1. The van der Waals surface area contributed by atoms with E-state index in [4.69, 9.17) is 0 Å². The minimum absolute atomic E-state index is 0.000701. The van der Waals surface area contributed by atoms with Crippen molar-refractivity contribution in [1.82, 2.24) is 9.88 Å². The Labute approximate surface area is 163 Å². The summed E-state index contributed by atoms with van der Waals surface area (Å²) in [6, 6.07) is 10.8. The molecule has 1 aromatic carbocycles. The van der Waals surface area contributed by atoms with Crippen LogP contribution >= 0.6 is 0 Å². The third kappa shape index (κ3) is 2.93. The van der Waals surface area contributed by atoms with Crippen LogP contribution in [0, 0.1) is 6.92 Å². The number of rotatable bonds is 4. The zero-order valence-electron chi connectivity index (χ0n) is 15.9. The van der Waals surface area contributed by atoms with Gasteiger partial charge < -0.3 is 10.2 Å². The van der Waals surface area contributed by atoms with Crippen molar-refractivity contribution in [3.05, 3.63) is 53.7 Å². The van der Waals surface area contributed by atoms with E-state index in [0.29, 0.717) is 29.9 Å². The van der Waals surface area contributed by atoms with Gasteiger partial charge in [0.1, 0.15) is 11.5 Å². The molecule has 0 spiro atoms. The van der Waals surface area contributed by atoms with E-state index in [2.05, 4.69) is 10.3 Å². The number of anilines is 2. The lowest BCUT2D eigenvalue weighted by Gasteiger charge is -2.48. The van der Waals surface area contributed by atoms with E-state index < -0.39 is 5.66 Å². The van der Waals surface area contributed by atoms with Gasteiger partial charge in [0.25, 0.3) is 5.91 Å². The molecule has 28 heavy (non-hydrogen) atoms. The average molecular weight is 378 g/mol.